The molecule has 1 aliphatic carbocycles. The van der Waals surface area contributed by atoms with Crippen molar-refractivity contribution in [1.82, 2.24) is 24.6 Å². The number of carbonyl (C=O) groups is 2. The van der Waals surface area contributed by atoms with Crippen molar-refractivity contribution in [3.63, 3.8) is 0 Å². The number of carbonyl (C=O) groups excluding carboxylic acids is 2. The third-order valence-electron chi connectivity index (χ3n) is 6.93. The van der Waals surface area contributed by atoms with E-state index in [0.29, 0.717) is 67.1 Å². The number of amides is 2. The maximum atomic E-state index is 14.1. The highest BCUT2D eigenvalue weighted by molar-refractivity contribution is 6.30. The summed E-state index contributed by atoms with van der Waals surface area (Å²) in [6.45, 7) is 2.14. The summed E-state index contributed by atoms with van der Waals surface area (Å²) >= 11 is 6.14. The number of aromatic nitrogens is 3. The number of likely N-dealkylation sites (tertiary alicyclic amines) is 1. The van der Waals surface area contributed by atoms with E-state index in [0.717, 1.165) is 4.90 Å². The molecule has 0 bridgehead atoms. The van der Waals surface area contributed by atoms with Gasteiger partial charge in [0.1, 0.15) is 0 Å². The van der Waals surface area contributed by atoms with Gasteiger partial charge < -0.3 is 14.7 Å². The number of hydrogen-bond donors (Lipinski definition) is 0. The smallest absolute Gasteiger partial charge is 0.315 e. The summed E-state index contributed by atoms with van der Waals surface area (Å²) in [5, 5.41) is 8.91. The molecule has 0 radical (unpaired) electrons. The van der Waals surface area contributed by atoms with E-state index in [1.165, 1.54) is 0 Å². The zero-order valence-corrected chi connectivity index (χ0v) is 18.2. The van der Waals surface area contributed by atoms with Crippen molar-refractivity contribution < 1.29 is 22.8 Å². The Morgan fingerprint density at radius 2 is 1.76 bits per heavy atom. The minimum atomic E-state index is -3.12. The van der Waals surface area contributed by atoms with E-state index in [4.69, 9.17) is 11.6 Å². The molecule has 0 atom stereocenters. The number of benzene rings is 1. The van der Waals surface area contributed by atoms with Gasteiger partial charge in [0.25, 0.3) is 11.8 Å². The Morgan fingerprint density at radius 3 is 2.42 bits per heavy atom. The quantitative estimate of drug-likeness (QED) is 0.673. The minimum Gasteiger partial charge on any atom is -0.339 e. The number of fused-ring (bicyclic) bond motifs is 3. The second-order valence-corrected chi connectivity index (χ2v) is 9.94. The molecule has 4 aliphatic rings. The first-order chi connectivity index (χ1) is 15.7. The van der Waals surface area contributed by atoms with Gasteiger partial charge in [-0.2, -0.15) is 8.78 Å². The van der Waals surface area contributed by atoms with Crippen molar-refractivity contribution in [1.29, 1.82) is 0 Å². The average molecular weight is 481 g/mol. The first kappa shape index (κ1) is 20.8. The number of anilines is 1. The summed E-state index contributed by atoms with van der Waals surface area (Å²) in [6.07, 6.45) is -2.51. The van der Waals surface area contributed by atoms with Crippen LogP contribution in [0, 0.1) is 5.41 Å². The van der Waals surface area contributed by atoms with Gasteiger partial charge in [-0.05, 0) is 36.6 Å². The van der Waals surface area contributed by atoms with Crippen molar-refractivity contribution in [3.8, 4) is 5.69 Å². The molecule has 2 saturated heterocycles. The second kappa shape index (κ2) is 6.85. The van der Waals surface area contributed by atoms with Crippen LogP contribution in [0.3, 0.4) is 0 Å². The minimum absolute atomic E-state index is 0.0200. The molecule has 12 heteroatoms. The van der Waals surface area contributed by atoms with Crippen LogP contribution < -0.4 is 4.90 Å². The zero-order valence-electron chi connectivity index (χ0n) is 17.5. The molecule has 0 unspecified atom stereocenters. The predicted molar refractivity (Wildman–Crippen MR) is 111 cm³/mol. The summed E-state index contributed by atoms with van der Waals surface area (Å²) in [4.78, 5) is 28.9. The van der Waals surface area contributed by atoms with E-state index in [2.05, 4.69) is 10.2 Å². The van der Waals surface area contributed by atoms with Gasteiger partial charge in [0.05, 0.1) is 12.2 Å². The summed E-state index contributed by atoms with van der Waals surface area (Å²) in [7, 11) is 0. The monoisotopic (exact) mass is 480 g/mol. The molecule has 33 heavy (non-hydrogen) atoms. The predicted octanol–water partition coefficient (Wildman–Crippen LogP) is 2.18. The maximum Gasteiger partial charge on any atom is 0.315 e. The highest BCUT2D eigenvalue weighted by Crippen LogP contribution is 2.47. The van der Waals surface area contributed by atoms with Crippen LogP contribution in [-0.4, -0.2) is 74.7 Å². The molecule has 1 spiro atoms. The number of rotatable bonds is 3. The van der Waals surface area contributed by atoms with Gasteiger partial charge in [-0.15, -0.1) is 10.2 Å². The molecule has 6 rings (SSSR count). The zero-order chi connectivity index (χ0) is 23.1. The Kier molecular flexibility index (Phi) is 4.31. The lowest BCUT2D eigenvalue weighted by Gasteiger charge is -2.60. The van der Waals surface area contributed by atoms with Crippen molar-refractivity contribution in [3.05, 3.63) is 34.6 Å². The van der Waals surface area contributed by atoms with Gasteiger partial charge in [-0.25, -0.2) is 4.39 Å². The molecule has 1 aromatic heterocycles. The molecule has 1 aromatic carbocycles. The lowest BCUT2D eigenvalue weighted by Crippen LogP contribution is -2.74. The Bertz CT molecular complexity index is 1170. The molecular weight excluding hydrogens is 461 g/mol. The van der Waals surface area contributed by atoms with E-state index in [1.807, 2.05) is 4.90 Å². The van der Waals surface area contributed by atoms with Crippen LogP contribution >= 0.6 is 11.6 Å². The molecule has 2 amide bonds. The molecule has 1 saturated carbocycles. The Morgan fingerprint density at radius 1 is 1.03 bits per heavy atom. The topological polar surface area (TPSA) is 74.6 Å². The molecule has 8 nitrogen and oxygen atoms in total. The largest absolute Gasteiger partial charge is 0.339 e. The van der Waals surface area contributed by atoms with Gasteiger partial charge in [-0.3, -0.25) is 14.2 Å². The van der Waals surface area contributed by atoms with Crippen LogP contribution in [0.1, 0.15) is 24.2 Å². The van der Waals surface area contributed by atoms with Crippen LogP contribution in [0.4, 0.5) is 19.1 Å². The van der Waals surface area contributed by atoms with E-state index >= 15 is 0 Å². The van der Waals surface area contributed by atoms with Crippen molar-refractivity contribution in [2.24, 2.45) is 5.41 Å². The number of halogens is 4. The summed E-state index contributed by atoms with van der Waals surface area (Å²) in [5.74, 6) is -0.765. The molecule has 0 N–H and O–H groups in total. The lowest BCUT2D eigenvalue weighted by atomic mass is 9.72. The molecule has 3 aliphatic heterocycles. The highest BCUT2D eigenvalue weighted by Gasteiger charge is 2.60. The van der Waals surface area contributed by atoms with E-state index in [9.17, 15) is 22.8 Å². The van der Waals surface area contributed by atoms with Crippen LogP contribution in [0.2, 0.25) is 5.02 Å². The van der Waals surface area contributed by atoms with Gasteiger partial charge in [0, 0.05) is 43.2 Å². The second-order valence-electron chi connectivity index (χ2n) is 9.50. The average Bonchev–Trinajstić information content (AvgIpc) is 3.38. The van der Waals surface area contributed by atoms with Crippen molar-refractivity contribution >= 4 is 29.4 Å². The molecule has 2 aromatic rings. The van der Waals surface area contributed by atoms with Crippen LogP contribution in [0.25, 0.3) is 5.69 Å². The third-order valence-corrected chi connectivity index (χ3v) is 7.17. The number of nitrogens with zero attached hydrogens (tertiary/aromatic N) is 6. The molecular formula is C21H20ClF3N6O2. The maximum absolute atomic E-state index is 14.1. The molecule has 3 fully saturated rings. The summed E-state index contributed by atoms with van der Waals surface area (Å²) in [5.41, 5.74) is -0.455. The summed E-state index contributed by atoms with van der Waals surface area (Å²) < 4.78 is 42.1. The fourth-order valence-corrected chi connectivity index (χ4v) is 5.30. The van der Waals surface area contributed by atoms with E-state index < -0.39 is 23.9 Å². The standard InChI is InChI=1S/C21H20ClF3N6O2/c22-13-1-2-14-12(5-13)6-28(17(32)16(23)24)7-15-26-27-19(31(14)15)30-10-20(11-30)8-29(9-20)18(33)21(25)3-4-21/h1-2,5,16H,3-4,6-11H2. The van der Waals surface area contributed by atoms with Crippen LogP contribution in [-0.2, 0) is 22.7 Å². The Labute approximate surface area is 191 Å². The fraction of sp³-hybridized carbons (Fsp3) is 0.524. The van der Waals surface area contributed by atoms with E-state index in [-0.39, 0.29) is 18.5 Å². The SMILES string of the molecule is O=C(C(F)F)N1Cc2cc(Cl)ccc2-n2c(nnc2N2CC3(CN(C(=O)C4(F)CC4)C3)C2)C1. The summed E-state index contributed by atoms with van der Waals surface area (Å²) in [6, 6.07) is 5.11. The highest BCUT2D eigenvalue weighted by atomic mass is 35.5. The van der Waals surface area contributed by atoms with Crippen LogP contribution in [0.15, 0.2) is 18.2 Å². The van der Waals surface area contributed by atoms with E-state index in [1.54, 1.807) is 27.7 Å². The molecule has 4 heterocycles. The Balaban J connectivity index is 1.25. The number of hydrogen-bond acceptors (Lipinski definition) is 5. The normalized spacial score (nSPS) is 21.8. The number of alkyl halides is 3. The fourth-order valence-electron chi connectivity index (χ4n) is 5.10. The lowest BCUT2D eigenvalue weighted by molar-refractivity contribution is -0.152. The third kappa shape index (κ3) is 3.19. The molecule has 174 valence electrons. The first-order valence-corrected chi connectivity index (χ1v) is 11.1. The van der Waals surface area contributed by atoms with Crippen molar-refractivity contribution in [2.75, 3.05) is 31.1 Å². The van der Waals surface area contributed by atoms with Crippen molar-refractivity contribution in [2.45, 2.75) is 38.0 Å². The first-order valence-electron chi connectivity index (χ1n) is 10.7. The van der Waals surface area contributed by atoms with Gasteiger partial charge >= 0.3 is 6.43 Å². The van der Waals surface area contributed by atoms with Gasteiger partial charge in [-0.1, -0.05) is 11.6 Å². The Hall–Kier alpha value is -2.82. The van der Waals surface area contributed by atoms with Gasteiger partial charge in [0.15, 0.2) is 11.5 Å². The van der Waals surface area contributed by atoms with Crippen LogP contribution in [0.5, 0.6) is 0 Å². The van der Waals surface area contributed by atoms with Gasteiger partial charge in [0.2, 0.25) is 5.95 Å².